The number of aromatic amines is 1. The second-order valence-electron chi connectivity index (χ2n) is 5.21. The summed E-state index contributed by atoms with van der Waals surface area (Å²) in [6, 6.07) is -0.615. The van der Waals surface area contributed by atoms with Gasteiger partial charge in [-0.05, 0) is 38.2 Å². The number of aromatic nitrogens is 1. The van der Waals surface area contributed by atoms with Crippen LogP contribution in [0.25, 0.3) is 0 Å². The summed E-state index contributed by atoms with van der Waals surface area (Å²) in [5, 5.41) is 2.83. The van der Waals surface area contributed by atoms with Crippen LogP contribution in [0.15, 0.2) is 12.4 Å². The molecule has 1 aromatic heterocycles. The molecule has 1 aliphatic heterocycles. The van der Waals surface area contributed by atoms with Gasteiger partial charge in [0.2, 0.25) is 0 Å². The molecule has 0 radical (unpaired) electrons. The average molecular weight is 294 g/mol. The van der Waals surface area contributed by atoms with E-state index in [9.17, 15) is 9.59 Å². The van der Waals surface area contributed by atoms with Gasteiger partial charge < -0.3 is 19.8 Å². The lowest BCUT2D eigenvalue weighted by atomic mass is 9.91. The van der Waals surface area contributed by atoms with Gasteiger partial charge in [-0.25, -0.2) is 4.79 Å². The summed E-state index contributed by atoms with van der Waals surface area (Å²) < 4.78 is 10.4. The third kappa shape index (κ3) is 3.85. The Kier molecular flexibility index (Phi) is 5.38. The molecule has 6 nitrogen and oxygen atoms in total. The van der Waals surface area contributed by atoms with E-state index < -0.39 is 6.04 Å². The number of hydrogen-bond donors (Lipinski definition) is 2. The minimum Gasteiger partial charge on any atom is -0.464 e. The number of nitrogens with one attached hydrogen (secondary N) is 2. The molecule has 0 saturated carbocycles. The third-order valence-corrected chi connectivity index (χ3v) is 3.76. The van der Waals surface area contributed by atoms with E-state index in [1.165, 1.54) is 0 Å². The molecule has 1 amide bonds. The second kappa shape index (κ2) is 7.26. The Morgan fingerprint density at radius 2 is 2.14 bits per heavy atom. The molecule has 0 spiro atoms. The molecule has 2 heterocycles. The normalized spacial score (nSPS) is 17.2. The van der Waals surface area contributed by atoms with Crippen LogP contribution < -0.4 is 5.32 Å². The van der Waals surface area contributed by atoms with Gasteiger partial charge in [-0.2, -0.15) is 0 Å². The zero-order valence-corrected chi connectivity index (χ0v) is 12.5. The van der Waals surface area contributed by atoms with Crippen LogP contribution in [-0.2, 0) is 14.3 Å². The fourth-order valence-electron chi connectivity index (χ4n) is 2.56. The van der Waals surface area contributed by atoms with Crippen LogP contribution in [-0.4, -0.2) is 42.7 Å². The van der Waals surface area contributed by atoms with Gasteiger partial charge in [0.05, 0.1) is 12.2 Å². The number of amides is 1. The smallest absolute Gasteiger partial charge is 0.328 e. The van der Waals surface area contributed by atoms with Crippen molar-refractivity contribution in [3.8, 4) is 0 Å². The molecule has 1 fully saturated rings. The van der Waals surface area contributed by atoms with Gasteiger partial charge >= 0.3 is 5.97 Å². The monoisotopic (exact) mass is 294 g/mol. The fraction of sp³-hybridized carbons (Fsp3) is 0.600. The van der Waals surface area contributed by atoms with Crippen molar-refractivity contribution in [2.45, 2.75) is 32.7 Å². The molecule has 21 heavy (non-hydrogen) atoms. The predicted molar refractivity (Wildman–Crippen MR) is 77.0 cm³/mol. The number of rotatable bonds is 5. The molecule has 0 aromatic carbocycles. The standard InChI is InChI=1S/C15H22N2O4/c1-3-21-15(19)13(11-4-6-20-7-5-11)17-14(18)12-9-16-8-10(12)2/h8-9,11,13,16H,3-7H2,1-2H3,(H,17,18)/t13-/m1/s1. The van der Waals surface area contributed by atoms with E-state index in [0.29, 0.717) is 25.4 Å². The van der Waals surface area contributed by atoms with Gasteiger partial charge in [0.25, 0.3) is 5.91 Å². The van der Waals surface area contributed by atoms with E-state index in [2.05, 4.69) is 10.3 Å². The minimum absolute atomic E-state index is 0.0565. The van der Waals surface area contributed by atoms with E-state index in [1.54, 1.807) is 19.3 Å². The van der Waals surface area contributed by atoms with Crippen LogP contribution >= 0.6 is 0 Å². The Bertz CT molecular complexity index is 492. The Morgan fingerprint density at radius 1 is 1.43 bits per heavy atom. The first kappa shape index (κ1) is 15.6. The topological polar surface area (TPSA) is 80.4 Å². The molecule has 1 aromatic rings. The summed E-state index contributed by atoms with van der Waals surface area (Å²) in [5.74, 6) is -0.565. The summed E-state index contributed by atoms with van der Waals surface area (Å²) in [4.78, 5) is 27.4. The molecule has 0 aliphatic carbocycles. The van der Waals surface area contributed by atoms with Gasteiger partial charge in [0, 0.05) is 25.6 Å². The number of carbonyl (C=O) groups is 2. The summed E-state index contributed by atoms with van der Waals surface area (Å²) >= 11 is 0. The summed E-state index contributed by atoms with van der Waals surface area (Å²) in [5.41, 5.74) is 1.40. The quantitative estimate of drug-likeness (QED) is 0.805. The molecule has 116 valence electrons. The zero-order valence-electron chi connectivity index (χ0n) is 12.5. The SMILES string of the molecule is CCOC(=O)[C@H](NC(=O)c1c[nH]cc1C)C1CCOCC1. The van der Waals surface area contributed by atoms with Crippen molar-refractivity contribution < 1.29 is 19.1 Å². The van der Waals surface area contributed by atoms with Crippen LogP contribution in [0.2, 0.25) is 0 Å². The minimum atomic E-state index is -0.615. The molecule has 1 aliphatic rings. The van der Waals surface area contributed by atoms with Gasteiger partial charge in [-0.1, -0.05) is 0 Å². The number of carbonyl (C=O) groups excluding carboxylic acids is 2. The van der Waals surface area contributed by atoms with E-state index in [1.807, 2.05) is 6.92 Å². The number of esters is 1. The van der Waals surface area contributed by atoms with E-state index in [-0.39, 0.29) is 17.8 Å². The molecule has 2 N–H and O–H groups in total. The highest BCUT2D eigenvalue weighted by molar-refractivity contribution is 5.97. The van der Waals surface area contributed by atoms with Crippen molar-refractivity contribution in [3.05, 3.63) is 23.5 Å². The predicted octanol–water partition coefficient (Wildman–Crippen LogP) is 1.41. The zero-order chi connectivity index (χ0) is 15.2. The summed E-state index contributed by atoms with van der Waals surface area (Å²) in [6.45, 7) is 5.13. The average Bonchev–Trinajstić information content (AvgIpc) is 2.92. The van der Waals surface area contributed by atoms with Gasteiger partial charge in [0.15, 0.2) is 0 Å². The Morgan fingerprint density at radius 3 is 2.71 bits per heavy atom. The molecule has 1 atom stereocenters. The lowest BCUT2D eigenvalue weighted by Crippen LogP contribution is -2.48. The van der Waals surface area contributed by atoms with Gasteiger partial charge in [-0.3, -0.25) is 4.79 Å². The molecule has 2 rings (SSSR count). The Hall–Kier alpha value is -1.82. The van der Waals surface area contributed by atoms with Gasteiger partial charge in [-0.15, -0.1) is 0 Å². The maximum absolute atomic E-state index is 12.3. The fourth-order valence-corrected chi connectivity index (χ4v) is 2.56. The van der Waals surface area contributed by atoms with Crippen molar-refractivity contribution in [1.29, 1.82) is 0 Å². The van der Waals surface area contributed by atoms with Crippen molar-refractivity contribution in [2.75, 3.05) is 19.8 Å². The van der Waals surface area contributed by atoms with Crippen molar-refractivity contribution in [3.63, 3.8) is 0 Å². The first-order chi connectivity index (χ1) is 10.1. The Labute approximate surface area is 124 Å². The molecule has 0 bridgehead atoms. The lowest BCUT2D eigenvalue weighted by Gasteiger charge is -2.29. The van der Waals surface area contributed by atoms with E-state index in [0.717, 1.165) is 18.4 Å². The van der Waals surface area contributed by atoms with Crippen LogP contribution in [0.4, 0.5) is 0 Å². The number of hydrogen-bond acceptors (Lipinski definition) is 4. The number of aryl methyl sites for hydroxylation is 1. The number of ether oxygens (including phenoxy) is 2. The van der Waals surface area contributed by atoms with Crippen molar-refractivity contribution >= 4 is 11.9 Å². The largest absolute Gasteiger partial charge is 0.464 e. The molecule has 0 unspecified atom stereocenters. The van der Waals surface area contributed by atoms with Crippen molar-refractivity contribution in [1.82, 2.24) is 10.3 Å². The maximum atomic E-state index is 12.3. The summed E-state index contributed by atoms with van der Waals surface area (Å²) in [7, 11) is 0. The highest BCUT2D eigenvalue weighted by Crippen LogP contribution is 2.20. The van der Waals surface area contributed by atoms with Crippen molar-refractivity contribution in [2.24, 2.45) is 5.92 Å². The second-order valence-corrected chi connectivity index (χ2v) is 5.21. The summed E-state index contributed by atoms with van der Waals surface area (Å²) in [6.07, 6.45) is 4.88. The molecule has 1 saturated heterocycles. The van der Waals surface area contributed by atoms with Crippen LogP contribution in [0.5, 0.6) is 0 Å². The Balaban J connectivity index is 2.09. The van der Waals surface area contributed by atoms with Crippen LogP contribution in [0.1, 0.15) is 35.7 Å². The van der Waals surface area contributed by atoms with E-state index in [4.69, 9.17) is 9.47 Å². The van der Waals surface area contributed by atoms with Gasteiger partial charge in [0.1, 0.15) is 6.04 Å². The van der Waals surface area contributed by atoms with Crippen LogP contribution in [0, 0.1) is 12.8 Å². The first-order valence-corrected chi connectivity index (χ1v) is 7.32. The first-order valence-electron chi connectivity index (χ1n) is 7.32. The van der Waals surface area contributed by atoms with E-state index >= 15 is 0 Å². The molecular weight excluding hydrogens is 272 g/mol. The number of H-pyrrole nitrogens is 1. The molecule has 6 heteroatoms. The third-order valence-electron chi connectivity index (χ3n) is 3.76. The highest BCUT2D eigenvalue weighted by atomic mass is 16.5. The lowest BCUT2D eigenvalue weighted by molar-refractivity contribution is -0.147. The molecular formula is C15H22N2O4. The maximum Gasteiger partial charge on any atom is 0.328 e. The highest BCUT2D eigenvalue weighted by Gasteiger charge is 2.32. The van der Waals surface area contributed by atoms with Crippen LogP contribution in [0.3, 0.4) is 0 Å².